The summed E-state index contributed by atoms with van der Waals surface area (Å²) in [6, 6.07) is 3.50. The summed E-state index contributed by atoms with van der Waals surface area (Å²) >= 11 is 3.29. The van der Waals surface area contributed by atoms with Crippen LogP contribution < -0.4 is 5.73 Å². The number of hydrogen-bond donors (Lipinski definition) is 1. The molecule has 0 aliphatic carbocycles. The van der Waals surface area contributed by atoms with Gasteiger partial charge in [0.25, 0.3) is 0 Å². The van der Waals surface area contributed by atoms with Crippen LogP contribution in [0.4, 0.5) is 18.9 Å². The Bertz CT molecular complexity index is 775. The maximum absolute atomic E-state index is 12.8. The molecule has 0 saturated carbocycles. The van der Waals surface area contributed by atoms with E-state index in [0.717, 1.165) is 4.57 Å². The Morgan fingerprint density at radius 1 is 1.45 bits per heavy atom. The molecule has 0 spiro atoms. The smallest absolute Gasteiger partial charge is 0.397 e. The highest BCUT2D eigenvalue weighted by atomic mass is 79.9. The third kappa shape index (κ3) is 2.78. The lowest BCUT2D eigenvalue weighted by Crippen LogP contribution is -2.18. The number of rotatable bonds is 3. The molecule has 0 amide bonds. The molecule has 0 radical (unpaired) electrons. The Hall–Kier alpha value is -1.72. The Balaban J connectivity index is 2.86. The highest BCUT2D eigenvalue weighted by Gasteiger charge is 2.31. The van der Waals surface area contributed by atoms with Crippen molar-refractivity contribution in [3.8, 4) is 6.07 Å². The molecule has 1 aromatic heterocycles. The van der Waals surface area contributed by atoms with Crippen LogP contribution in [0.1, 0.15) is 16.8 Å². The SMILES string of the molecule is COCc1cc2c(c(Br)c1N)c(C#N)c(C)n2CC(F)(F)F. The molecule has 0 fully saturated rings. The third-order valence-electron chi connectivity index (χ3n) is 3.43. The molecule has 2 N–H and O–H groups in total. The molecule has 0 atom stereocenters. The lowest BCUT2D eigenvalue weighted by atomic mass is 10.1. The maximum atomic E-state index is 12.8. The van der Waals surface area contributed by atoms with Gasteiger partial charge in [0.15, 0.2) is 0 Å². The molecule has 8 heteroatoms. The van der Waals surface area contributed by atoms with Crippen molar-refractivity contribution < 1.29 is 17.9 Å². The summed E-state index contributed by atoms with van der Waals surface area (Å²) in [5.41, 5.74) is 7.64. The van der Waals surface area contributed by atoms with Crippen molar-refractivity contribution in [2.45, 2.75) is 26.3 Å². The van der Waals surface area contributed by atoms with Crippen LogP contribution in [0.3, 0.4) is 0 Å². The molecule has 0 bridgehead atoms. The van der Waals surface area contributed by atoms with Crippen LogP contribution in [0.5, 0.6) is 0 Å². The Morgan fingerprint density at radius 3 is 2.59 bits per heavy atom. The average Bonchev–Trinajstić information content (AvgIpc) is 2.67. The molecule has 0 saturated heterocycles. The number of nitrogens with zero attached hydrogens (tertiary/aromatic N) is 2. The van der Waals surface area contributed by atoms with Gasteiger partial charge >= 0.3 is 6.18 Å². The topological polar surface area (TPSA) is 64.0 Å². The van der Waals surface area contributed by atoms with Gasteiger partial charge in [-0.2, -0.15) is 18.4 Å². The molecule has 118 valence electrons. The van der Waals surface area contributed by atoms with Gasteiger partial charge in [-0.05, 0) is 28.9 Å². The number of nitriles is 1. The normalized spacial score (nSPS) is 11.9. The van der Waals surface area contributed by atoms with E-state index in [4.69, 9.17) is 10.5 Å². The molecular weight excluding hydrogens is 363 g/mol. The summed E-state index contributed by atoms with van der Waals surface area (Å²) < 4.78 is 45.0. The molecule has 4 nitrogen and oxygen atoms in total. The van der Waals surface area contributed by atoms with Gasteiger partial charge in [0.2, 0.25) is 0 Å². The van der Waals surface area contributed by atoms with Crippen molar-refractivity contribution in [1.29, 1.82) is 5.26 Å². The monoisotopic (exact) mass is 375 g/mol. The summed E-state index contributed by atoms with van der Waals surface area (Å²) in [6.45, 7) is 0.487. The van der Waals surface area contributed by atoms with Crippen LogP contribution in [-0.2, 0) is 17.9 Å². The number of ether oxygens (including phenoxy) is 1. The molecule has 0 unspecified atom stereocenters. The van der Waals surface area contributed by atoms with E-state index < -0.39 is 12.7 Å². The number of nitrogens with two attached hydrogens (primary N) is 1. The second-order valence-corrected chi connectivity index (χ2v) is 5.66. The lowest BCUT2D eigenvalue weighted by Gasteiger charge is -2.13. The van der Waals surface area contributed by atoms with E-state index in [0.29, 0.717) is 26.6 Å². The second kappa shape index (κ2) is 5.82. The van der Waals surface area contributed by atoms with Gasteiger partial charge in [-0.3, -0.25) is 0 Å². The number of nitrogen functional groups attached to an aromatic ring is 1. The Kier molecular flexibility index (Phi) is 4.40. The third-order valence-corrected chi connectivity index (χ3v) is 4.25. The fraction of sp³-hybridized carbons (Fsp3) is 0.357. The Morgan fingerprint density at radius 2 is 2.09 bits per heavy atom. The first-order chi connectivity index (χ1) is 10.2. The number of hydrogen-bond acceptors (Lipinski definition) is 3. The van der Waals surface area contributed by atoms with Crippen molar-refractivity contribution >= 4 is 32.5 Å². The van der Waals surface area contributed by atoms with Crippen molar-refractivity contribution in [3.63, 3.8) is 0 Å². The van der Waals surface area contributed by atoms with Crippen LogP contribution in [0.2, 0.25) is 0 Å². The first kappa shape index (κ1) is 16.6. The van der Waals surface area contributed by atoms with Gasteiger partial charge in [0.1, 0.15) is 12.6 Å². The van der Waals surface area contributed by atoms with E-state index in [1.165, 1.54) is 14.0 Å². The average molecular weight is 376 g/mol. The molecule has 2 aromatic rings. The highest BCUT2D eigenvalue weighted by molar-refractivity contribution is 9.10. The van der Waals surface area contributed by atoms with Crippen molar-refractivity contribution in [3.05, 3.63) is 27.4 Å². The van der Waals surface area contributed by atoms with Gasteiger partial charge in [-0.1, -0.05) is 0 Å². The number of halogens is 4. The number of anilines is 1. The molecule has 1 heterocycles. The quantitative estimate of drug-likeness (QED) is 0.828. The first-order valence-corrected chi connectivity index (χ1v) is 7.06. The second-order valence-electron chi connectivity index (χ2n) is 4.86. The summed E-state index contributed by atoms with van der Waals surface area (Å²) in [7, 11) is 1.47. The number of fused-ring (bicyclic) bond motifs is 1. The van der Waals surface area contributed by atoms with Crippen molar-refractivity contribution in [2.24, 2.45) is 0 Å². The van der Waals surface area contributed by atoms with Crippen LogP contribution in [0, 0.1) is 18.3 Å². The predicted molar refractivity (Wildman–Crippen MR) is 80.3 cm³/mol. The minimum atomic E-state index is -4.39. The lowest BCUT2D eigenvalue weighted by molar-refractivity contribution is -0.140. The minimum absolute atomic E-state index is 0.165. The fourth-order valence-corrected chi connectivity index (χ4v) is 3.10. The van der Waals surface area contributed by atoms with Crippen LogP contribution in [0.15, 0.2) is 10.5 Å². The van der Waals surface area contributed by atoms with E-state index >= 15 is 0 Å². The number of aromatic nitrogens is 1. The van der Waals surface area contributed by atoms with E-state index in [1.807, 2.05) is 6.07 Å². The molecule has 1 aromatic carbocycles. The molecule has 22 heavy (non-hydrogen) atoms. The van der Waals surface area contributed by atoms with E-state index in [2.05, 4.69) is 15.9 Å². The van der Waals surface area contributed by atoms with Gasteiger partial charge in [-0.25, -0.2) is 0 Å². The zero-order valence-corrected chi connectivity index (χ0v) is 13.5. The minimum Gasteiger partial charge on any atom is -0.397 e. The van der Waals surface area contributed by atoms with Crippen molar-refractivity contribution in [1.82, 2.24) is 4.57 Å². The number of benzene rings is 1. The highest BCUT2D eigenvalue weighted by Crippen LogP contribution is 2.39. The largest absolute Gasteiger partial charge is 0.406 e. The fourth-order valence-electron chi connectivity index (χ4n) is 2.45. The van der Waals surface area contributed by atoms with E-state index in [1.54, 1.807) is 6.07 Å². The van der Waals surface area contributed by atoms with Gasteiger partial charge in [0, 0.05) is 23.8 Å². The van der Waals surface area contributed by atoms with Gasteiger partial charge in [0.05, 0.1) is 27.8 Å². The Labute approximate surface area is 133 Å². The molecule has 0 aliphatic heterocycles. The van der Waals surface area contributed by atoms with E-state index in [-0.39, 0.29) is 17.9 Å². The van der Waals surface area contributed by atoms with Gasteiger partial charge < -0.3 is 15.0 Å². The van der Waals surface area contributed by atoms with Crippen LogP contribution in [-0.4, -0.2) is 17.9 Å². The summed E-state index contributed by atoms with van der Waals surface area (Å²) in [5, 5.41) is 9.68. The summed E-state index contributed by atoms with van der Waals surface area (Å²) in [6.07, 6.45) is -4.39. The molecular formula is C14H13BrF3N3O. The zero-order valence-electron chi connectivity index (χ0n) is 11.9. The van der Waals surface area contributed by atoms with Crippen LogP contribution in [0.25, 0.3) is 10.9 Å². The summed E-state index contributed by atoms with van der Waals surface area (Å²) in [4.78, 5) is 0. The number of alkyl halides is 3. The zero-order chi connectivity index (χ0) is 16.7. The van der Waals surface area contributed by atoms with E-state index in [9.17, 15) is 18.4 Å². The molecule has 2 rings (SSSR count). The van der Waals surface area contributed by atoms with Crippen LogP contribution >= 0.6 is 15.9 Å². The van der Waals surface area contributed by atoms with Crippen molar-refractivity contribution in [2.75, 3.05) is 12.8 Å². The van der Waals surface area contributed by atoms with Gasteiger partial charge in [-0.15, -0.1) is 0 Å². The first-order valence-electron chi connectivity index (χ1n) is 6.26. The molecule has 0 aliphatic rings. The summed E-state index contributed by atoms with van der Waals surface area (Å²) in [5.74, 6) is 0. The number of methoxy groups -OCH3 is 1. The standard InChI is InChI=1S/C14H13BrF3N3O/c1-7-9(4-19)11-10(21(7)6-14(16,17)18)3-8(5-22-2)13(20)12(11)15/h3H,5-6,20H2,1-2H3. The maximum Gasteiger partial charge on any atom is 0.406 e. The predicted octanol–water partition coefficient (Wildman–Crippen LogP) is 3.87.